The van der Waals surface area contributed by atoms with Crippen molar-refractivity contribution in [2.75, 3.05) is 13.2 Å². The van der Waals surface area contributed by atoms with Crippen LogP contribution in [0.2, 0.25) is 0 Å². The zero-order valence-corrected chi connectivity index (χ0v) is 23.0. The summed E-state index contributed by atoms with van der Waals surface area (Å²) in [5, 5.41) is 3.83. The van der Waals surface area contributed by atoms with Gasteiger partial charge in [0.1, 0.15) is 5.82 Å². The predicted molar refractivity (Wildman–Crippen MR) is 147 cm³/mol. The van der Waals surface area contributed by atoms with Crippen LogP contribution in [0.4, 0.5) is 17.6 Å². The van der Waals surface area contributed by atoms with Gasteiger partial charge in [0.15, 0.2) is 5.69 Å². The summed E-state index contributed by atoms with van der Waals surface area (Å²) in [6.07, 6.45) is -1.04. The Morgan fingerprint density at radius 2 is 1.93 bits per heavy atom. The molecule has 0 spiro atoms. The molecule has 4 N–H and O–H groups in total. The summed E-state index contributed by atoms with van der Waals surface area (Å²) < 4.78 is 63.8. The van der Waals surface area contributed by atoms with Gasteiger partial charge in [0.05, 0.1) is 19.0 Å². The summed E-state index contributed by atoms with van der Waals surface area (Å²) >= 11 is 0. The van der Waals surface area contributed by atoms with Crippen molar-refractivity contribution in [1.82, 2.24) is 9.78 Å². The molecular formula is C30H33F4N5O2. The van der Waals surface area contributed by atoms with Crippen molar-refractivity contribution in [3.63, 3.8) is 0 Å². The van der Waals surface area contributed by atoms with Gasteiger partial charge in [-0.25, -0.2) is 4.39 Å². The fourth-order valence-corrected chi connectivity index (χ4v) is 5.60. The van der Waals surface area contributed by atoms with Gasteiger partial charge in [0, 0.05) is 42.3 Å². The molecule has 11 heteroatoms. The Morgan fingerprint density at radius 3 is 2.51 bits per heavy atom. The van der Waals surface area contributed by atoms with Crippen molar-refractivity contribution in [1.29, 1.82) is 0 Å². The van der Waals surface area contributed by atoms with Crippen molar-refractivity contribution >= 4 is 11.7 Å². The molecule has 2 atom stereocenters. The molecule has 218 valence electrons. The van der Waals surface area contributed by atoms with E-state index in [4.69, 9.17) is 16.2 Å². The fourth-order valence-electron chi connectivity index (χ4n) is 5.60. The molecule has 2 fully saturated rings. The van der Waals surface area contributed by atoms with E-state index >= 15 is 0 Å². The largest absolute Gasteiger partial charge is 0.435 e. The number of rotatable bonds is 9. The second-order valence-electron chi connectivity index (χ2n) is 10.8. The van der Waals surface area contributed by atoms with Crippen LogP contribution in [-0.4, -0.2) is 34.7 Å². The van der Waals surface area contributed by atoms with Crippen LogP contribution in [0.15, 0.2) is 41.5 Å². The predicted octanol–water partition coefficient (Wildman–Crippen LogP) is 5.57. The number of hydrogen-bond acceptors (Lipinski definition) is 4. The van der Waals surface area contributed by atoms with Gasteiger partial charge in [0.2, 0.25) is 5.91 Å². The van der Waals surface area contributed by atoms with Crippen molar-refractivity contribution in [3.8, 4) is 11.1 Å². The number of carbonyl (C=O) groups excluding carboxylic acids is 1. The Morgan fingerprint density at radius 1 is 1.17 bits per heavy atom. The van der Waals surface area contributed by atoms with Crippen molar-refractivity contribution in [2.45, 2.75) is 58.3 Å². The first-order chi connectivity index (χ1) is 19.5. The topological polar surface area (TPSA) is 109 Å². The smallest absolute Gasteiger partial charge is 0.387 e. The Balaban J connectivity index is 1.75. The van der Waals surface area contributed by atoms with E-state index in [0.717, 1.165) is 19.3 Å². The van der Waals surface area contributed by atoms with Crippen molar-refractivity contribution in [3.05, 3.63) is 75.9 Å². The Bertz CT molecular complexity index is 1490. The molecule has 1 aliphatic carbocycles. The minimum Gasteiger partial charge on any atom is -0.387 e. The van der Waals surface area contributed by atoms with Gasteiger partial charge in [-0.15, -0.1) is 0 Å². The number of benzene rings is 2. The lowest BCUT2D eigenvalue weighted by molar-refractivity contribution is -0.141. The molecule has 41 heavy (non-hydrogen) atoms. The number of halogens is 4. The molecule has 1 saturated carbocycles. The number of aromatic nitrogens is 2. The number of amidine groups is 1. The van der Waals surface area contributed by atoms with Gasteiger partial charge in [0.25, 0.3) is 0 Å². The molecular weight excluding hydrogens is 538 g/mol. The quantitative estimate of drug-likeness (QED) is 0.199. The number of ether oxygens (including phenoxy) is 1. The van der Waals surface area contributed by atoms with Crippen LogP contribution in [0.1, 0.15) is 70.4 Å². The van der Waals surface area contributed by atoms with E-state index in [1.165, 1.54) is 16.9 Å². The molecule has 0 bridgehead atoms. The Kier molecular flexibility index (Phi) is 7.91. The minimum atomic E-state index is -4.75. The van der Waals surface area contributed by atoms with Crippen molar-refractivity contribution in [2.24, 2.45) is 28.3 Å². The normalized spacial score (nSPS) is 18.6. The molecule has 5 rings (SSSR count). The number of aliphatic imine (C=N–C) groups is 1. The number of nitrogens with zero attached hydrogens (tertiary/aromatic N) is 3. The molecule has 2 aliphatic rings. The van der Waals surface area contributed by atoms with E-state index in [1.54, 1.807) is 38.1 Å². The van der Waals surface area contributed by atoms with Gasteiger partial charge in [-0.1, -0.05) is 12.1 Å². The van der Waals surface area contributed by atoms with Gasteiger partial charge in [-0.3, -0.25) is 14.5 Å². The summed E-state index contributed by atoms with van der Waals surface area (Å²) in [6, 6.07) is 7.88. The molecule has 1 aromatic heterocycles. The maximum absolute atomic E-state index is 14.3. The fraction of sp³-hybridized carbons (Fsp3) is 0.433. The Labute approximate surface area is 235 Å². The zero-order chi connectivity index (χ0) is 29.5. The highest BCUT2D eigenvalue weighted by atomic mass is 19.4. The van der Waals surface area contributed by atoms with Crippen LogP contribution in [0.3, 0.4) is 0 Å². The summed E-state index contributed by atoms with van der Waals surface area (Å²) in [7, 11) is 0. The number of amides is 1. The van der Waals surface area contributed by atoms with E-state index < -0.39 is 23.7 Å². The molecule has 1 unspecified atom stereocenters. The first kappa shape index (κ1) is 28.8. The number of aryl methyl sites for hydroxylation is 2. The average Bonchev–Trinajstić information content (AvgIpc) is 3.41. The molecule has 1 amide bonds. The maximum atomic E-state index is 14.3. The van der Waals surface area contributed by atoms with E-state index in [-0.39, 0.29) is 47.4 Å². The lowest BCUT2D eigenvalue weighted by atomic mass is 9.78. The third-order valence-electron chi connectivity index (χ3n) is 7.89. The average molecular weight is 572 g/mol. The molecule has 2 aromatic carbocycles. The number of carbonyl (C=O) groups is 1. The summed E-state index contributed by atoms with van der Waals surface area (Å²) in [5.41, 5.74) is 13.2. The number of alkyl halides is 3. The Hall–Kier alpha value is -3.73. The van der Waals surface area contributed by atoms with Crippen LogP contribution in [0.5, 0.6) is 0 Å². The summed E-state index contributed by atoms with van der Waals surface area (Å²) in [6.45, 7) is 4.63. The van der Waals surface area contributed by atoms with E-state index in [1.807, 2.05) is 0 Å². The molecule has 2 heterocycles. The lowest BCUT2D eigenvalue weighted by Crippen LogP contribution is -2.24. The highest BCUT2D eigenvalue weighted by molar-refractivity contribution is 5.97. The summed E-state index contributed by atoms with van der Waals surface area (Å²) in [4.78, 5) is 17.5. The van der Waals surface area contributed by atoms with Crippen molar-refractivity contribution < 1.29 is 27.1 Å². The van der Waals surface area contributed by atoms with E-state index in [0.29, 0.717) is 41.3 Å². The minimum absolute atomic E-state index is 0.0371. The van der Waals surface area contributed by atoms with E-state index in [9.17, 15) is 22.4 Å². The van der Waals surface area contributed by atoms with Crippen LogP contribution in [0.25, 0.3) is 11.1 Å². The molecule has 3 aromatic rings. The standard InChI is InChI=1S/C30H33F4N5O2/c1-3-39-14-23(27(38-39)30(32,33)34)21-11-17(13-37-28(35)20-8-9-41-15-20)12-22(29(36)40)26(21)25(18-4-5-18)19-6-7-24(31)16(2)10-19/h6-7,10-12,14,18,20,25H,3-5,8-9,13,15H2,1-2H3,(H2,35,37)(H2,36,40)/t20?,25-/m0/s1. The monoisotopic (exact) mass is 571 g/mol. The van der Waals surface area contributed by atoms with Crippen LogP contribution in [-0.2, 0) is 24.0 Å². The first-order valence-electron chi connectivity index (χ1n) is 13.7. The van der Waals surface area contributed by atoms with Gasteiger partial charge < -0.3 is 16.2 Å². The molecule has 1 aliphatic heterocycles. The summed E-state index contributed by atoms with van der Waals surface area (Å²) in [5.74, 6) is -1.23. The third-order valence-corrected chi connectivity index (χ3v) is 7.89. The molecule has 0 radical (unpaired) electrons. The second kappa shape index (κ2) is 11.3. The number of hydrogen-bond donors (Lipinski definition) is 2. The second-order valence-corrected chi connectivity index (χ2v) is 10.8. The van der Waals surface area contributed by atoms with E-state index in [2.05, 4.69) is 10.1 Å². The number of nitrogens with two attached hydrogens (primary N) is 2. The van der Waals surface area contributed by atoms with Crippen LogP contribution < -0.4 is 11.5 Å². The van der Waals surface area contributed by atoms with Gasteiger partial charge in [-0.2, -0.15) is 18.3 Å². The van der Waals surface area contributed by atoms with Crippen LogP contribution in [0, 0.1) is 24.6 Å². The first-order valence-corrected chi connectivity index (χ1v) is 13.7. The zero-order valence-electron chi connectivity index (χ0n) is 23.0. The molecule has 1 saturated heterocycles. The highest BCUT2D eigenvalue weighted by Crippen LogP contribution is 2.51. The van der Waals surface area contributed by atoms with Gasteiger partial charge in [-0.05, 0) is 85.0 Å². The highest BCUT2D eigenvalue weighted by Gasteiger charge is 2.41. The third kappa shape index (κ3) is 6.00. The lowest BCUT2D eigenvalue weighted by Gasteiger charge is -2.25. The van der Waals surface area contributed by atoms with Gasteiger partial charge >= 0.3 is 6.18 Å². The van der Waals surface area contributed by atoms with Crippen LogP contribution >= 0.6 is 0 Å². The maximum Gasteiger partial charge on any atom is 0.435 e. The number of primary amides is 1. The molecule has 7 nitrogen and oxygen atoms in total. The SMILES string of the molecule is CCn1cc(-c2cc(CN=C(N)C3CCOC3)cc(C(N)=O)c2[C@H](c2ccc(F)c(C)c2)C2CC2)c(C(F)(F)F)n1.